The van der Waals surface area contributed by atoms with Crippen LogP contribution in [0.4, 0.5) is 4.39 Å². The quantitative estimate of drug-likeness (QED) is 0.733. The Morgan fingerprint density at radius 2 is 1.89 bits per heavy atom. The predicted octanol–water partition coefficient (Wildman–Crippen LogP) is 5.28. The fourth-order valence-electron chi connectivity index (χ4n) is 1.79. The minimum atomic E-state index is -0.796. The maximum Gasteiger partial charge on any atom is 0.126 e. The van der Waals surface area contributed by atoms with Gasteiger partial charge in [-0.25, -0.2) is 4.39 Å². The van der Waals surface area contributed by atoms with Crippen molar-refractivity contribution in [3.63, 3.8) is 0 Å². The van der Waals surface area contributed by atoms with E-state index < -0.39 is 6.10 Å². The number of hydrogen-bond donors (Lipinski definition) is 1. The van der Waals surface area contributed by atoms with Gasteiger partial charge in [-0.15, -0.1) is 0 Å². The third kappa shape index (κ3) is 3.78. The molecule has 0 heterocycles. The molecule has 1 N–H and O–H groups in total. The number of hydrogen-bond acceptors (Lipinski definition) is 1. The molecule has 19 heavy (non-hydrogen) atoms. The van der Waals surface area contributed by atoms with Crippen molar-refractivity contribution in [2.45, 2.75) is 12.5 Å². The molecule has 0 aliphatic carbocycles. The molecule has 0 bridgehead atoms. The molecule has 0 spiro atoms. The van der Waals surface area contributed by atoms with Crippen LogP contribution in [-0.2, 0) is 6.42 Å². The van der Waals surface area contributed by atoms with Crippen LogP contribution in [0.5, 0.6) is 0 Å². The van der Waals surface area contributed by atoms with Gasteiger partial charge in [0.1, 0.15) is 5.82 Å². The Morgan fingerprint density at radius 1 is 1.16 bits per heavy atom. The lowest BCUT2D eigenvalue weighted by atomic mass is 10.0. The molecule has 0 amide bonds. The van der Waals surface area contributed by atoms with Crippen molar-refractivity contribution in [2.24, 2.45) is 0 Å². The van der Waals surface area contributed by atoms with E-state index in [1.165, 1.54) is 18.2 Å². The second-order valence-corrected chi connectivity index (χ2v) is 6.33. The maximum atomic E-state index is 13.6. The Kier molecular flexibility index (Phi) is 5.01. The molecule has 0 radical (unpaired) electrons. The standard InChI is InChI=1S/C14H10Br2ClFO/c15-9-1-3-11(12(16)7-9)14(19)6-8-5-10(17)2-4-13(8)18/h1-5,7,14,19H,6H2. The summed E-state index contributed by atoms with van der Waals surface area (Å²) in [4.78, 5) is 0. The number of rotatable bonds is 3. The van der Waals surface area contributed by atoms with Gasteiger partial charge in [0.2, 0.25) is 0 Å². The summed E-state index contributed by atoms with van der Waals surface area (Å²) in [7, 11) is 0. The van der Waals surface area contributed by atoms with E-state index >= 15 is 0 Å². The van der Waals surface area contributed by atoms with Crippen molar-refractivity contribution in [2.75, 3.05) is 0 Å². The zero-order valence-corrected chi connectivity index (χ0v) is 13.6. The first-order chi connectivity index (χ1) is 8.97. The molecule has 2 aromatic carbocycles. The van der Waals surface area contributed by atoms with E-state index in [1.807, 2.05) is 12.1 Å². The molecule has 1 nitrogen and oxygen atoms in total. The van der Waals surface area contributed by atoms with E-state index in [2.05, 4.69) is 31.9 Å². The van der Waals surface area contributed by atoms with E-state index in [9.17, 15) is 9.50 Å². The van der Waals surface area contributed by atoms with Crippen molar-refractivity contribution < 1.29 is 9.50 Å². The lowest BCUT2D eigenvalue weighted by Gasteiger charge is -2.14. The molecule has 1 unspecified atom stereocenters. The van der Waals surface area contributed by atoms with Crippen LogP contribution in [0.2, 0.25) is 5.02 Å². The molecule has 1 atom stereocenters. The van der Waals surface area contributed by atoms with Crippen LogP contribution >= 0.6 is 43.5 Å². The first-order valence-corrected chi connectivity index (χ1v) is 7.50. The Balaban J connectivity index is 2.25. The fourth-order valence-corrected chi connectivity index (χ4v) is 3.30. The third-order valence-electron chi connectivity index (χ3n) is 2.74. The molecule has 0 aliphatic heterocycles. The van der Waals surface area contributed by atoms with Gasteiger partial charge in [-0.05, 0) is 41.5 Å². The van der Waals surface area contributed by atoms with Gasteiger partial charge in [0.15, 0.2) is 0 Å². The van der Waals surface area contributed by atoms with Crippen molar-refractivity contribution in [3.8, 4) is 0 Å². The van der Waals surface area contributed by atoms with Gasteiger partial charge in [-0.3, -0.25) is 0 Å². The van der Waals surface area contributed by atoms with Crippen LogP contribution in [-0.4, -0.2) is 5.11 Å². The summed E-state index contributed by atoms with van der Waals surface area (Å²) in [6, 6.07) is 9.79. The van der Waals surface area contributed by atoms with Gasteiger partial charge in [-0.1, -0.05) is 49.5 Å². The van der Waals surface area contributed by atoms with Crippen LogP contribution in [0.15, 0.2) is 45.3 Å². The highest BCUT2D eigenvalue weighted by Crippen LogP contribution is 2.29. The highest BCUT2D eigenvalue weighted by atomic mass is 79.9. The van der Waals surface area contributed by atoms with E-state index in [0.717, 1.165) is 8.95 Å². The van der Waals surface area contributed by atoms with Crippen LogP contribution in [0.25, 0.3) is 0 Å². The summed E-state index contributed by atoms with van der Waals surface area (Å²) < 4.78 is 15.3. The second kappa shape index (κ2) is 6.35. The van der Waals surface area contributed by atoms with Crippen molar-refractivity contribution in [1.29, 1.82) is 0 Å². The van der Waals surface area contributed by atoms with Crippen LogP contribution in [0.1, 0.15) is 17.2 Å². The first kappa shape index (κ1) is 15.0. The zero-order chi connectivity index (χ0) is 14.0. The van der Waals surface area contributed by atoms with Crippen molar-refractivity contribution in [1.82, 2.24) is 0 Å². The molecular formula is C14H10Br2ClFO. The topological polar surface area (TPSA) is 20.2 Å². The lowest BCUT2D eigenvalue weighted by Crippen LogP contribution is -2.04. The smallest absolute Gasteiger partial charge is 0.126 e. The monoisotopic (exact) mass is 406 g/mol. The summed E-state index contributed by atoms with van der Waals surface area (Å²) in [5.41, 5.74) is 1.11. The Hall–Kier alpha value is -0.420. The SMILES string of the molecule is OC(Cc1cc(Cl)ccc1F)c1ccc(Br)cc1Br. The third-order valence-corrected chi connectivity index (χ3v) is 4.16. The van der Waals surface area contributed by atoms with E-state index in [0.29, 0.717) is 16.1 Å². The Bertz CT molecular complexity index is 604. The van der Waals surface area contributed by atoms with Gasteiger partial charge in [0.25, 0.3) is 0 Å². The molecular weight excluding hydrogens is 398 g/mol. The summed E-state index contributed by atoms with van der Waals surface area (Å²) in [5, 5.41) is 10.7. The number of aliphatic hydroxyl groups excluding tert-OH is 1. The zero-order valence-electron chi connectivity index (χ0n) is 9.71. The summed E-state index contributed by atoms with van der Waals surface area (Å²) in [6.45, 7) is 0. The summed E-state index contributed by atoms with van der Waals surface area (Å²) in [6.07, 6.45) is -0.623. The molecule has 100 valence electrons. The summed E-state index contributed by atoms with van der Waals surface area (Å²) in [5.74, 6) is -0.364. The lowest BCUT2D eigenvalue weighted by molar-refractivity contribution is 0.176. The van der Waals surface area contributed by atoms with Gasteiger partial charge in [-0.2, -0.15) is 0 Å². The van der Waals surface area contributed by atoms with Gasteiger partial charge < -0.3 is 5.11 Å². The van der Waals surface area contributed by atoms with Gasteiger partial charge >= 0.3 is 0 Å². The molecule has 0 aromatic heterocycles. The molecule has 0 saturated heterocycles. The molecule has 2 rings (SSSR count). The van der Waals surface area contributed by atoms with E-state index in [1.54, 1.807) is 6.07 Å². The summed E-state index contributed by atoms with van der Waals surface area (Å²) >= 11 is 12.6. The van der Waals surface area contributed by atoms with Crippen LogP contribution in [0, 0.1) is 5.82 Å². The second-order valence-electron chi connectivity index (χ2n) is 4.12. The molecule has 0 fully saturated rings. The largest absolute Gasteiger partial charge is 0.388 e. The minimum absolute atomic E-state index is 0.173. The highest BCUT2D eigenvalue weighted by molar-refractivity contribution is 9.11. The van der Waals surface area contributed by atoms with Gasteiger partial charge in [0, 0.05) is 20.4 Å². The van der Waals surface area contributed by atoms with E-state index in [4.69, 9.17) is 11.6 Å². The fraction of sp³-hybridized carbons (Fsp3) is 0.143. The normalized spacial score (nSPS) is 12.5. The Morgan fingerprint density at radius 3 is 2.58 bits per heavy atom. The Labute approximate surface area is 132 Å². The van der Waals surface area contributed by atoms with Crippen molar-refractivity contribution in [3.05, 3.63) is 67.3 Å². The van der Waals surface area contributed by atoms with E-state index in [-0.39, 0.29) is 12.2 Å². The number of benzene rings is 2. The highest BCUT2D eigenvalue weighted by Gasteiger charge is 2.15. The van der Waals surface area contributed by atoms with Crippen LogP contribution in [0.3, 0.4) is 0 Å². The molecule has 0 saturated carbocycles. The predicted molar refractivity (Wildman–Crippen MR) is 81.9 cm³/mol. The molecule has 5 heteroatoms. The molecule has 2 aromatic rings. The van der Waals surface area contributed by atoms with Crippen molar-refractivity contribution >= 4 is 43.5 Å². The number of aliphatic hydroxyl groups is 1. The minimum Gasteiger partial charge on any atom is -0.388 e. The number of halogens is 4. The molecule has 0 aliphatic rings. The maximum absolute atomic E-state index is 13.6. The first-order valence-electron chi connectivity index (χ1n) is 5.54. The average molecular weight is 408 g/mol. The van der Waals surface area contributed by atoms with Gasteiger partial charge in [0.05, 0.1) is 6.10 Å². The average Bonchev–Trinajstić information content (AvgIpc) is 2.33. The van der Waals surface area contributed by atoms with Crippen LogP contribution < -0.4 is 0 Å².